The predicted molar refractivity (Wildman–Crippen MR) is 68.8 cm³/mol. The molecule has 1 aromatic heterocycles. The van der Waals surface area contributed by atoms with Crippen molar-refractivity contribution in [3.8, 4) is 5.40 Å². The maximum absolute atomic E-state index is 9.64. The summed E-state index contributed by atoms with van der Waals surface area (Å²) in [7, 11) is 2.02. The summed E-state index contributed by atoms with van der Waals surface area (Å²) in [6.45, 7) is 3.18. The second-order valence-corrected chi connectivity index (χ2v) is 3.47. The van der Waals surface area contributed by atoms with E-state index in [0.29, 0.717) is 0 Å². The summed E-state index contributed by atoms with van der Waals surface area (Å²) in [5.74, 6) is -2.15. The van der Waals surface area contributed by atoms with E-state index in [-0.39, 0.29) is 12.8 Å². The zero-order chi connectivity index (χ0) is 15.3. The molecule has 106 valence electrons. The summed E-state index contributed by atoms with van der Waals surface area (Å²) < 4.78 is 4.16. The van der Waals surface area contributed by atoms with E-state index in [2.05, 4.69) is 36.6 Å². The lowest BCUT2D eigenvalue weighted by Gasteiger charge is -1.85. The minimum atomic E-state index is -1.08. The fourth-order valence-corrected chi connectivity index (χ4v) is 0.903. The minimum Gasteiger partial charge on any atom is -0.696 e. The first-order valence-corrected chi connectivity index (χ1v) is 5.74. The van der Waals surface area contributed by atoms with Crippen LogP contribution in [0.25, 0.3) is 0 Å². The van der Waals surface area contributed by atoms with Crippen LogP contribution in [0.5, 0.6) is 0 Å². The Morgan fingerprint density at radius 3 is 1.95 bits per heavy atom. The number of aryl methyl sites for hydroxylation is 2. The number of carboxylic acid groups (broad SMARTS) is 2. The first kappa shape index (κ1) is 19.2. The standard InChI is InChI=1S/C6H11N2.C4H6O4.CHNS/c1-3-8-5-4-7(2)6-8;5-3(6)1-2-4(7)8;2-1-3/h4-6H,3H2,1-2H3;1-2H2,(H,5,6)(H,7,8);3H/q+1;;/p-1. The molecule has 0 amide bonds. The fourth-order valence-electron chi connectivity index (χ4n) is 0.903. The Morgan fingerprint density at radius 2 is 1.79 bits per heavy atom. The van der Waals surface area contributed by atoms with Crippen LogP contribution in [0.15, 0.2) is 18.7 Å². The Balaban J connectivity index is 0. The minimum absolute atomic E-state index is 0.296. The van der Waals surface area contributed by atoms with Gasteiger partial charge in [0, 0.05) is 0 Å². The summed E-state index contributed by atoms with van der Waals surface area (Å²) in [4.78, 5) is 19.3. The number of hydrogen-bond donors (Lipinski definition) is 2. The number of nitrogens with zero attached hydrogens (tertiary/aromatic N) is 3. The van der Waals surface area contributed by atoms with Crippen LogP contribution in [0.4, 0.5) is 0 Å². The number of carboxylic acids is 2. The van der Waals surface area contributed by atoms with E-state index in [0.717, 1.165) is 6.54 Å². The second kappa shape index (κ2) is 12.3. The zero-order valence-corrected chi connectivity index (χ0v) is 11.6. The van der Waals surface area contributed by atoms with Crippen LogP contribution in [0.2, 0.25) is 0 Å². The molecule has 0 atom stereocenters. The summed E-state index contributed by atoms with van der Waals surface area (Å²) in [6.07, 6.45) is 5.55. The predicted octanol–water partition coefficient (Wildman–Crippen LogP) is 0.283. The third kappa shape index (κ3) is 15.9. The smallest absolute Gasteiger partial charge is 0.303 e. The highest BCUT2D eigenvalue weighted by Crippen LogP contribution is 1.86. The van der Waals surface area contributed by atoms with E-state index in [1.165, 1.54) is 5.40 Å². The Morgan fingerprint density at radius 1 is 1.37 bits per heavy atom. The maximum Gasteiger partial charge on any atom is 0.303 e. The molecule has 0 aromatic carbocycles. The molecule has 0 saturated carbocycles. The number of imidazole rings is 1. The quantitative estimate of drug-likeness (QED) is 0.468. The van der Waals surface area contributed by atoms with Crippen LogP contribution < -0.4 is 4.57 Å². The number of hydrogen-bond acceptors (Lipinski definition) is 4. The molecule has 0 saturated heterocycles. The maximum atomic E-state index is 9.64. The van der Waals surface area contributed by atoms with Crippen molar-refractivity contribution in [3.05, 3.63) is 18.7 Å². The van der Waals surface area contributed by atoms with Crippen LogP contribution in [0, 0.1) is 10.7 Å². The van der Waals surface area contributed by atoms with Gasteiger partial charge in [0.2, 0.25) is 6.33 Å². The van der Waals surface area contributed by atoms with Gasteiger partial charge in [0.1, 0.15) is 12.4 Å². The fraction of sp³-hybridized carbons (Fsp3) is 0.455. The third-order valence-electron chi connectivity index (χ3n) is 1.74. The highest BCUT2D eigenvalue weighted by atomic mass is 32.1. The van der Waals surface area contributed by atoms with Crippen molar-refractivity contribution in [1.82, 2.24) is 4.57 Å². The molecule has 0 spiro atoms. The lowest BCUT2D eigenvalue weighted by atomic mass is 10.3. The third-order valence-corrected chi connectivity index (χ3v) is 1.74. The molecule has 0 aliphatic rings. The molecule has 7 nitrogen and oxygen atoms in total. The molecule has 1 aromatic rings. The van der Waals surface area contributed by atoms with Gasteiger partial charge in [-0.05, 0) is 6.92 Å². The summed E-state index contributed by atoms with van der Waals surface area (Å²) >= 11 is 3.70. The highest BCUT2D eigenvalue weighted by Gasteiger charge is 2.00. The molecule has 0 radical (unpaired) electrons. The lowest BCUT2D eigenvalue weighted by molar-refractivity contribution is -0.671. The molecule has 0 fully saturated rings. The normalized spacial score (nSPS) is 8.05. The van der Waals surface area contributed by atoms with E-state index >= 15 is 0 Å². The van der Waals surface area contributed by atoms with Crippen molar-refractivity contribution < 1.29 is 24.4 Å². The molecule has 19 heavy (non-hydrogen) atoms. The Bertz CT molecular complexity index is 412. The largest absolute Gasteiger partial charge is 0.696 e. The van der Waals surface area contributed by atoms with Crippen molar-refractivity contribution in [3.63, 3.8) is 0 Å². The van der Waals surface area contributed by atoms with Gasteiger partial charge in [-0.3, -0.25) is 9.59 Å². The Kier molecular flexibility index (Phi) is 12.5. The second-order valence-electron chi connectivity index (χ2n) is 3.29. The van der Waals surface area contributed by atoms with Gasteiger partial charge in [0.15, 0.2) is 0 Å². The summed E-state index contributed by atoms with van der Waals surface area (Å²) in [5, 5.41) is 24.3. The molecule has 1 heterocycles. The molecule has 2 N–H and O–H groups in total. The summed E-state index contributed by atoms with van der Waals surface area (Å²) in [6, 6.07) is 0. The molecule has 8 heteroatoms. The van der Waals surface area contributed by atoms with E-state index in [1.807, 2.05) is 17.8 Å². The van der Waals surface area contributed by atoms with Crippen molar-refractivity contribution in [2.45, 2.75) is 26.3 Å². The van der Waals surface area contributed by atoms with Gasteiger partial charge >= 0.3 is 11.9 Å². The van der Waals surface area contributed by atoms with Crippen LogP contribution >= 0.6 is 0 Å². The van der Waals surface area contributed by atoms with E-state index in [1.54, 1.807) is 0 Å². The lowest BCUT2D eigenvalue weighted by Crippen LogP contribution is -2.23. The van der Waals surface area contributed by atoms with E-state index < -0.39 is 11.9 Å². The molecular weight excluding hydrogens is 270 g/mol. The van der Waals surface area contributed by atoms with Crippen LogP contribution in [0.1, 0.15) is 19.8 Å². The first-order valence-electron chi connectivity index (χ1n) is 5.33. The average Bonchev–Trinajstić information content (AvgIpc) is 2.74. The van der Waals surface area contributed by atoms with Crippen molar-refractivity contribution in [2.24, 2.45) is 7.05 Å². The molecule has 0 unspecified atom stereocenters. The number of aliphatic carboxylic acids is 2. The number of nitriles is 1. The topological polar surface area (TPSA) is 107 Å². The first-order chi connectivity index (χ1) is 8.87. The highest BCUT2D eigenvalue weighted by molar-refractivity contribution is 7.64. The van der Waals surface area contributed by atoms with Crippen LogP contribution in [-0.2, 0) is 35.8 Å². The van der Waals surface area contributed by atoms with Crippen LogP contribution in [0.3, 0.4) is 0 Å². The molecule has 1 rings (SSSR count). The molecule has 0 bridgehead atoms. The molecular formula is C11H17N3O4S. The van der Waals surface area contributed by atoms with Gasteiger partial charge in [-0.15, -0.1) is 0 Å². The Labute approximate surface area is 117 Å². The van der Waals surface area contributed by atoms with E-state index in [9.17, 15) is 9.59 Å². The van der Waals surface area contributed by atoms with Crippen molar-refractivity contribution in [2.75, 3.05) is 0 Å². The van der Waals surface area contributed by atoms with Crippen LogP contribution in [-0.4, -0.2) is 26.7 Å². The van der Waals surface area contributed by atoms with Gasteiger partial charge in [-0.2, -0.15) is 0 Å². The zero-order valence-electron chi connectivity index (χ0n) is 10.8. The number of aromatic nitrogens is 2. The van der Waals surface area contributed by atoms with Gasteiger partial charge < -0.3 is 22.8 Å². The SMILES string of the molecule is CCn1cc[n+](C)c1.N#C[S-].O=C(O)CCC(=O)O. The number of carbonyl (C=O) groups is 2. The average molecular weight is 287 g/mol. The molecule has 0 aliphatic carbocycles. The van der Waals surface area contributed by atoms with Crippen molar-refractivity contribution in [1.29, 1.82) is 5.26 Å². The Hall–Kier alpha value is -2.14. The van der Waals surface area contributed by atoms with Gasteiger partial charge in [-0.1, -0.05) is 5.40 Å². The van der Waals surface area contributed by atoms with Crippen molar-refractivity contribution >= 4 is 24.6 Å². The summed E-state index contributed by atoms with van der Waals surface area (Å²) in [5.41, 5.74) is 0. The van der Waals surface area contributed by atoms with Gasteiger partial charge in [0.05, 0.1) is 26.4 Å². The van der Waals surface area contributed by atoms with Gasteiger partial charge in [0.25, 0.3) is 0 Å². The molecule has 0 aliphatic heterocycles. The van der Waals surface area contributed by atoms with E-state index in [4.69, 9.17) is 15.5 Å². The number of thiocyanates is 1. The van der Waals surface area contributed by atoms with Gasteiger partial charge in [-0.25, -0.2) is 14.4 Å². The number of rotatable bonds is 4. The monoisotopic (exact) mass is 287 g/mol.